The Morgan fingerprint density at radius 2 is 0.658 bits per heavy atom. The van der Waals surface area contributed by atoms with Crippen molar-refractivity contribution in [2.24, 2.45) is 0 Å². The van der Waals surface area contributed by atoms with Crippen molar-refractivity contribution in [3.8, 4) is 0 Å². The van der Waals surface area contributed by atoms with Crippen molar-refractivity contribution in [1.29, 1.82) is 0 Å². The summed E-state index contributed by atoms with van der Waals surface area (Å²) in [6.45, 7) is 0. The van der Waals surface area contributed by atoms with E-state index in [1.54, 1.807) is 0 Å². The predicted molar refractivity (Wildman–Crippen MR) is 168 cm³/mol. The van der Waals surface area contributed by atoms with Gasteiger partial charge in [0.2, 0.25) is 0 Å². The minimum atomic E-state index is 1.10. The summed E-state index contributed by atoms with van der Waals surface area (Å²) in [5.41, 5.74) is 4.39. The molecule has 0 amide bonds. The van der Waals surface area contributed by atoms with Gasteiger partial charge in [-0.05, 0) is 48.6 Å². The van der Waals surface area contributed by atoms with E-state index in [2.05, 4.69) is 97.1 Å². The predicted octanol–water partition coefficient (Wildman–Crippen LogP) is 10.3. The lowest BCUT2D eigenvalue weighted by molar-refractivity contribution is 0.629. The van der Waals surface area contributed by atoms with Gasteiger partial charge >= 0.3 is 0 Å². The third-order valence-electron chi connectivity index (χ3n) is 7.11. The Bertz CT molecular complexity index is 1460. The van der Waals surface area contributed by atoms with E-state index in [4.69, 9.17) is 9.97 Å². The highest BCUT2D eigenvalue weighted by atomic mass is 32.2. The minimum Gasteiger partial charge on any atom is -0.248 e. The zero-order valence-electron chi connectivity index (χ0n) is 21.6. The molecule has 0 N–H and O–H groups in total. The highest BCUT2D eigenvalue weighted by Gasteiger charge is 2.10. The van der Waals surface area contributed by atoms with E-state index in [0.29, 0.717) is 0 Å². The van der Waals surface area contributed by atoms with Crippen LogP contribution in [0.1, 0.15) is 38.5 Å². The number of para-hydroxylation sites is 4. The number of hydrogen-bond acceptors (Lipinski definition) is 4. The van der Waals surface area contributed by atoms with Crippen molar-refractivity contribution in [3.05, 3.63) is 97.1 Å². The lowest BCUT2D eigenvalue weighted by Crippen LogP contribution is -1.90. The van der Waals surface area contributed by atoms with Gasteiger partial charge in [-0.2, -0.15) is 0 Å². The molecule has 0 fully saturated rings. The van der Waals surface area contributed by atoms with E-state index < -0.39 is 0 Å². The molecule has 190 valence electrons. The Balaban J connectivity index is 0.964. The molecule has 0 aliphatic heterocycles. The number of unbranched alkanes of at least 4 members (excludes halogenated alkanes) is 5. The second-order valence-electron chi connectivity index (χ2n) is 9.77. The number of thioether (sulfide) groups is 2. The molecule has 0 saturated heterocycles. The Kier molecular flexibility index (Phi) is 8.09. The largest absolute Gasteiger partial charge is 0.248 e. The van der Waals surface area contributed by atoms with E-state index in [1.807, 2.05) is 23.5 Å². The zero-order valence-corrected chi connectivity index (χ0v) is 23.2. The number of aromatic nitrogens is 2. The molecule has 4 heteroatoms. The summed E-state index contributed by atoms with van der Waals surface area (Å²) < 4.78 is 0. The first kappa shape index (κ1) is 25.2. The standard InChI is InChI=1S/C34H32N2S2/c1(3-13-23-37-33-25-15-5-9-19-29(25)35-30-20-10-6-16-26(30)33)2-4-14-24-38-34-27-17-7-11-21-31(27)36-32-22-12-8-18-28(32)34/h5-12,15-22H,1-4,13-14,23-24H2. The molecular weight excluding hydrogens is 501 g/mol. The average molecular weight is 533 g/mol. The van der Waals surface area contributed by atoms with Crippen LogP contribution < -0.4 is 0 Å². The molecule has 4 aromatic carbocycles. The molecule has 6 aromatic rings. The highest BCUT2D eigenvalue weighted by Crippen LogP contribution is 2.36. The summed E-state index contributed by atoms with van der Waals surface area (Å²) in [4.78, 5) is 12.5. The van der Waals surface area contributed by atoms with E-state index in [9.17, 15) is 0 Å². The van der Waals surface area contributed by atoms with Crippen LogP contribution in [0.25, 0.3) is 43.6 Å². The fraction of sp³-hybridized carbons (Fsp3) is 0.235. The fourth-order valence-electron chi connectivity index (χ4n) is 5.17. The number of hydrogen-bond donors (Lipinski definition) is 0. The summed E-state index contributed by atoms with van der Waals surface area (Å²) in [5, 5.41) is 5.12. The zero-order chi connectivity index (χ0) is 25.6. The third-order valence-corrected chi connectivity index (χ3v) is 9.55. The Hall–Kier alpha value is -3.08. The van der Waals surface area contributed by atoms with Gasteiger partial charge in [0.1, 0.15) is 0 Å². The Labute approximate surface area is 233 Å². The van der Waals surface area contributed by atoms with E-state index in [0.717, 1.165) is 33.6 Å². The first-order valence-electron chi connectivity index (χ1n) is 13.7. The van der Waals surface area contributed by atoms with Crippen molar-refractivity contribution in [2.75, 3.05) is 11.5 Å². The number of nitrogens with zero attached hydrogens (tertiary/aromatic N) is 2. The average Bonchev–Trinajstić information content (AvgIpc) is 2.97. The second kappa shape index (κ2) is 12.2. The molecule has 6 rings (SSSR count). The lowest BCUT2D eigenvalue weighted by Gasteiger charge is -2.11. The molecule has 38 heavy (non-hydrogen) atoms. The monoisotopic (exact) mass is 532 g/mol. The molecule has 2 aromatic heterocycles. The topological polar surface area (TPSA) is 25.8 Å². The van der Waals surface area contributed by atoms with Crippen molar-refractivity contribution in [3.63, 3.8) is 0 Å². The van der Waals surface area contributed by atoms with Crippen LogP contribution >= 0.6 is 23.5 Å². The van der Waals surface area contributed by atoms with Gasteiger partial charge in [0.15, 0.2) is 0 Å². The molecule has 0 spiro atoms. The fourth-order valence-corrected chi connectivity index (χ4v) is 7.59. The Morgan fingerprint density at radius 1 is 0.368 bits per heavy atom. The van der Waals surface area contributed by atoms with Gasteiger partial charge in [-0.1, -0.05) is 98.5 Å². The number of rotatable bonds is 11. The smallest absolute Gasteiger partial charge is 0.0721 e. The van der Waals surface area contributed by atoms with Gasteiger partial charge in [-0.3, -0.25) is 0 Å². The lowest BCUT2D eigenvalue weighted by atomic mass is 10.1. The molecular formula is C34H32N2S2. The molecule has 0 aliphatic rings. The summed E-state index contributed by atoms with van der Waals surface area (Å²) >= 11 is 4.00. The molecule has 2 heterocycles. The van der Waals surface area contributed by atoms with Crippen molar-refractivity contribution in [1.82, 2.24) is 9.97 Å². The molecule has 0 unspecified atom stereocenters. The number of fused-ring (bicyclic) bond motifs is 4. The molecule has 0 aliphatic carbocycles. The number of pyridine rings is 2. The van der Waals surface area contributed by atoms with Crippen LogP contribution in [0.5, 0.6) is 0 Å². The van der Waals surface area contributed by atoms with Crippen LogP contribution in [-0.2, 0) is 0 Å². The molecule has 0 atom stereocenters. The maximum atomic E-state index is 4.86. The maximum absolute atomic E-state index is 4.86. The third kappa shape index (κ3) is 5.52. The molecule has 0 radical (unpaired) electrons. The summed E-state index contributed by atoms with van der Waals surface area (Å²) in [6.07, 6.45) is 7.79. The van der Waals surface area contributed by atoms with Crippen LogP contribution in [0, 0.1) is 0 Å². The van der Waals surface area contributed by atoms with E-state index in [1.165, 1.54) is 69.9 Å². The first-order valence-corrected chi connectivity index (χ1v) is 15.7. The highest BCUT2D eigenvalue weighted by molar-refractivity contribution is 8.00. The van der Waals surface area contributed by atoms with Crippen LogP contribution in [0.4, 0.5) is 0 Å². The van der Waals surface area contributed by atoms with Crippen molar-refractivity contribution in [2.45, 2.75) is 48.3 Å². The van der Waals surface area contributed by atoms with Gasteiger partial charge < -0.3 is 0 Å². The second-order valence-corrected chi connectivity index (χ2v) is 12.0. The SMILES string of the molecule is c1ccc2c(SCCCCCCCCSc3c4ccccc4nc4ccccc34)c3ccccc3nc2c1. The van der Waals surface area contributed by atoms with Gasteiger partial charge in [-0.15, -0.1) is 23.5 Å². The maximum Gasteiger partial charge on any atom is 0.0721 e. The van der Waals surface area contributed by atoms with E-state index in [-0.39, 0.29) is 0 Å². The van der Waals surface area contributed by atoms with Crippen LogP contribution in [0.2, 0.25) is 0 Å². The van der Waals surface area contributed by atoms with Gasteiger partial charge in [-0.25, -0.2) is 9.97 Å². The van der Waals surface area contributed by atoms with Crippen molar-refractivity contribution >= 4 is 67.1 Å². The normalized spacial score (nSPS) is 11.7. The van der Waals surface area contributed by atoms with Crippen molar-refractivity contribution < 1.29 is 0 Å². The summed E-state index contributed by atoms with van der Waals surface area (Å²) in [5.74, 6) is 2.33. The summed E-state index contributed by atoms with van der Waals surface area (Å²) in [6, 6.07) is 34.2. The van der Waals surface area contributed by atoms with Crippen LogP contribution in [0.3, 0.4) is 0 Å². The van der Waals surface area contributed by atoms with Gasteiger partial charge in [0.25, 0.3) is 0 Å². The number of benzene rings is 4. The summed E-state index contributed by atoms with van der Waals surface area (Å²) in [7, 11) is 0. The molecule has 0 saturated carbocycles. The van der Waals surface area contributed by atoms with E-state index >= 15 is 0 Å². The molecule has 0 bridgehead atoms. The van der Waals surface area contributed by atoms with Crippen LogP contribution in [0.15, 0.2) is 107 Å². The van der Waals surface area contributed by atoms with Gasteiger partial charge in [0.05, 0.1) is 22.1 Å². The quantitative estimate of drug-likeness (QED) is 0.0941. The van der Waals surface area contributed by atoms with Crippen LogP contribution in [-0.4, -0.2) is 21.5 Å². The molecule has 2 nitrogen and oxygen atoms in total. The van der Waals surface area contributed by atoms with Gasteiger partial charge in [0, 0.05) is 31.3 Å². The Morgan fingerprint density at radius 3 is 1.00 bits per heavy atom. The first-order chi connectivity index (χ1) is 18.9. The minimum absolute atomic E-state index is 1.10.